The number of hydrogen-bond acceptors (Lipinski definition) is 1. The van der Waals surface area contributed by atoms with Crippen molar-refractivity contribution in [3.8, 4) is 0 Å². The minimum absolute atomic E-state index is 0.253. The van der Waals surface area contributed by atoms with E-state index in [1.807, 2.05) is 12.1 Å². The number of anilines is 1. The molecule has 0 spiro atoms. The molecule has 1 rings (SSSR count). The van der Waals surface area contributed by atoms with Crippen LogP contribution in [0.1, 0.15) is 31.7 Å². The summed E-state index contributed by atoms with van der Waals surface area (Å²) < 4.78 is 11.9. The van der Waals surface area contributed by atoms with E-state index < -0.39 is 0 Å². The van der Waals surface area contributed by atoms with Gasteiger partial charge in [-0.1, -0.05) is 26.0 Å². The molecule has 0 aliphatic heterocycles. The SMILES string of the molecule is CC(C)c1cccc(NCCCF)c1. The van der Waals surface area contributed by atoms with Crippen LogP contribution in [0.15, 0.2) is 24.3 Å². The number of halogens is 1. The van der Waals surface area contributed by atoms with E-state index in [2.05, 4.69) is 31.3 Å². The molecule has 0 amide bonds. The molecule has 0 heterocycles. The fourth-order valence-electron chi connectivity index (χ4n) is 1.31. The summed E-state index contributed by atoms with van der Waals surface area (Å²) in [5, 5.41) is 3.20. The van der Waals surface area contributed by atoms with E-state index in [4.69, 9.17) is 0 Å². The lowest BCUT2D eigenvalue weighted by molar-refractivity contribution is 0.481. The third-order valence-electron chi connectivity index (χ3n) is 2.19. The highest BCUT2D eigenvalue weighted by Gasteiger charge is 1.99. The van der Waals surface area contributed by atoms with Gasteiger partial charge in [0.1, 0.15) is 0 Å². The smallest absolute Gasteiger partial charge is 0.0911 e. The fourth-order valence-corrected chi connectivity index (χ4v) is 1.31. The van der Waals surface area contributed by atoms with Gasteiger partial charge in [0, 0.05) is 12.2 Å². The average molecular weight is 195 g/mol. The van der Waals surface area contributed by atoms with Gasteiger partial charge in [-0.05, 0) is 30.0 Å². The molecule has 1 aromatic carbocycles. The van der Waals surface area contributed by atoms with E-state index in [9.17, 15) is 4.39 Å². The number of hydrogen-bond donors (Lipinski definition) is 1. The molecule has 0 saturated heterocycles. The zero-order chi connectivity index (χ0) is 10.4. The molecule has 0 aromatic heterocycles. The van der Waals surface area contributed by atoms with E-state index in [1.165, 1.54) is 5.56 Å². The number of rotatable bonds is 5. The lowest BCUT2D eigenvalue weighted by Crippen LogP contribution is -2.02. The van der Waals surface area contributed by atoms with Gasteiger partial charge < -0.3 is 5.32 Å². The quantitative estimate of drug-likeness (QED) is 0.708. The third-order valence-corrected chi connectivity index (χ3v) is 2.19. The van der Waals surface area contributed by atoms with Crippen molar-refractivity contribution in [3.63, 3.8) is 0 Å². The second-order valence-corrected chi connectivity index (χ2v) is 3.75. The zero-order valence-corrected chi connectivity index (χ0v) is 8.89. The Morgan fingerprint density at radius 2 is 2.14 bits per heavy atom. The van der Waals surface area contributed by atoms with Crippen LogP contribution < -0.4 is 5.32 Å². The van der Waals surface area contributed by atoms with Crippen LogP contribution in [0.2, 0.25) is 0 Å². The first-order chi connectivity index (χ1) is 6.74. The monoisotopic (exact) mass is 195 g/mol. The summed E-state index contributed by atoms with van der Waals surface area (Å²) in [5.41, 5.74) is 2.40. The Hall–Kier alpha value is -1.05. The van der Waals surface area contributed by atoms with Crippen molar-refractivity contribution in [2.24, 2.45) is 0 Å². The van der Waals surface area contributed by atoms with Crippen LogP contribution in [0.25, 0.3) is 0 Å². The normalized spacial score (nSPS) is 10.6. The molecule has 1 nitrogen and oxygen atoms in total. The second kappa shape index (κ2) is 5.63. The summed E-state index contributed by atoms with van der Waals surface area (Å²) in [4.78, 5) is 0. The molecule has 0 radical (unpaired) electrons. The molecule has 78 valence electrons. The maximum absolute atomic E-state index is 11.9. The molecule has 0 unspecified atom stereocenters. The molecule has 14 heavy (non-hydrogen) atoms. The number of benzene rings is 1. The standard InChI is InChI=1S/C12H18FN/c1-10(2)11-5-3-6-12(9-11)14-8-4-7-13/h3,5-6,9-10,14H,4,7-8H2,1-2H3. The third kappa shape index (κ3) is 3.36. The molecule has 0 atom stereocenters. The molecule has 0 bridgehead atoms. The Morgan fingerprint density at radius 3 is 2.79 bits per heavy atom. The maximum atomic E-state index is 11.9. The van der Waals surface area contributed by atoms with Crippen molar-refractivity contribution < 1.29 is 4.39 Å². The van der Waals surface area contributed by atoms with Crippen LogP contribution >= 0.6 is 0 Å². The highest BCUT2D eigenvalue weighted by Crippen LogP contribution is 2.18. The van der Waals surface area contributed by atoms with E-state index >= 15 is 0 Å². The van der Waals surface area contributed by atoms with Crippen molar-refractivity contribution in [1.82, 2.24) is 0 Å². The van der Waals surface area contributed by atoms with Crippen LogP contribution in [0.5, 0.6) is 0 Å². The van der Waals surface area contributed by atoms with E-state index in [0.29, 0.717) is 18.9 Å². The maximum Gasteiger partial charge on any atom is 0.0911 e. The summed E-state index contributed by atoms with van der Waals surface area (Å²) in [6, 6.07) is 8.30. The van der Waals surface area contributed by atoms with Gasteiger partial charge in [0.25, 0.3) is 0 Å². The number of nitrogens with one attached hydrogen (secondary N) is 1. The Balaban J connectivity index is 2.55. The minimum atomic E-state index is -0.253. The van der Waals surface area contributed by atoms with Gasteiger partial charge >= 0.3 is 0 Å². The highest BCUT2D eigenvalue weighted by atomic mass is 19.1. The Bertz CT molecular complexity index is 271. The van der Waals surface area contributed by atoms with E-state index in [1.54, 1.807) is 0 Å². The van der Waals surface area contributed by atoms with Gasteiger partial charge in [-0.25, -0.2) is 0 Å². The lowest BCUT2D eigenvalue weighted by atomic mass is 10.0. The fraction of sp³-hybridized carbons (Fsp3) is 0.500. The van der Waals surface area contributed by atoms with Gasteiger partial charge in [0.15, 0.2) is 0 Å². The lowest BCUT2D eigenvalue weighted by Gasteiger charge is -2.09. The van der Waals surface area contributed by atoms with Gasteiger partial charge in [0.2, 0.25) is 0 Å². The van der Waals surface area contributed by atoms with Gasteiger partial charge in [-0.3, -0.25) is 4.39 Å². The van der Waals surface area contributed by atoms with Crippen LogP contribution in [0.4, 0.5) is 10.1 Å². The average Bonchev–Trinajstić information content (AvgIpc) is 2.19. The predicted octanol–water partition coefficient (Wildman–Crippen LogP) is 3.58. The van der Waals surface area contributed by atoms with E-state index in [0.717, 1.165) is 5.69 Å². The van der Waals surface area contributed by atoms with Gasteiger partial charge in [0.05, 0.1) is 6.67 Å². The van der Waals surface area contributed by atoms with Crippen molar-refractivity contribution in [2.45, 2.75) is 26.2 Å². The van der Waals surface area contributed by atoms with Gasteiger partial charge in [-0.15, -0.1) is 0 Å². The molecule has 2 heteroatoms. The predicted molar refractivity (Wildman–Crippen MR) is 59.6 cm³/mol. The van der Waals surface area contributed by atoms with Crippen molar-refractivity contribution in [1.29, 1.82) is 0 Å². The first-order valence-electron chi connectivity index (χ1n) is 5.14. The van der Waals surface area contributed by atoms with Crippen LogP contribution in [0.3, 0.4) is 0 Å². The minimum Gasteiger partial charge on any atom is -0.385 e. The second-order valence-electron chi connectivity index (χ2n) is 3.75. The molecular formula is C12H18FN. The van der Waals surface area contributed by atoms with Crippen molar-refractivity contribution in [3.05, 3.63) is 29.8 Å². The molecule has 0 fully saturated rings. The van der Waals surface area contributed by atoms with Gasteiger partial charge in [-0.2, -0.15) is 0 Å². The number of alkyl halides is 1. The molecule has 0 aliphatic rings. The summed E-state index contributed by atoms with van der Waals surface area (Å²) in [7, 11) is 0. The van der Waals surface area contributed by atoms with Crippen LogP contribution in [-0.4, -0.2) is 13.2 Å². The zero-order valence-electron chi connectivity index (χ0n) is 8.89. The van der Waals surface area contributed by atoms with Crippen molar-refractivity contribution >= 4 is 5.69 Å². The van der Waals surface area contributed by atoms with Crippen molar-refractivity contribution in [2.75, 3.05) is 18.5 Å². The summed E-state index contributed by atoms with van der Waals surface area (Å²) >= 11 is 0. The topological polar surface area (TPSA) is 12.0 Å². The largest absolute Gasteiger partial charge is 0.385 e. The summed E-state index contributed by atoms with van der Waals surface area (Å²) in [6.07, 6.45) is 0.575. The molecule has 0 saturated carbocycles. The molecule has 0 aliphatic carbocycles. The van der Waals surface area contributed by atoms with Crippen LogP contribution in [-0.2, 0) is 0 Å². The summed E-state index contributed by atoms with van der Waals surface area (Å²) in [6.45, 7) is 4.79. The summed E-state index contributed by atoms with van der Waals surface area (Å²) in [5.74, 6) is 0.540. The highest BCUT2D eigenvalue weighted by molar-refractivity contribution is 5.46. The molecular weight excluding hydrogens is 177 g/mol. The molecule has 1 N–H and O–H groups in total. The van der Waals surface area contributed by atoms with Crippen LogP contribution in [0, 0.1) is 0 Å². The molecule has 1 aromatic rings. The Morgan fingerprint density at radius 1 is 1.36 bits per heavy atom. The first-order valence-corrected chi connectivity index (χ1v) is 5.14. The van der Waals surface area contributed by atoms with E-state index in [-0.39, 0.29) is 6.67 Å². The Labute approximate surface area is 85.3 Å². The first kappa shape index (κ1) is 11.0. The Kier molecular flexibility index (Phi) is 4.44.